The van der Waals surface area contributed by atoms with Crippen LogP contribution in [0.3, 0.4) is 0 Å². The van der Waals surface area contributed by atoms with Gasteiger partial charge < -0.3 is 37.6 Å². The van der Waals surface area contributed by atoms with E-state index < -0.39 is 23.2 Å². The Morgan fingerprint density at radius 3 is 1.23 bits per heavy atom. The van der Waals surface area contributed by atoms with Crippen LogP contribution in [0.15, 0.2) is 152 Å². The first-order valence-electron chi connectivity index (χ1n) is 36.7. The molecule has 10 aromatic rings. The van der Waals surface area contributed by atoms with Crippen LogP contribution >= 0.6 is 0 Å². The number of rotatable bonds is 23. The smallest absolute Gasteiger partial charge is 0.351 e. The van der Waals surface area contributed by atoms with Gasteiger partial charge in [0.15, 0.2) is 0 Å². The highest BCUT2D eigenvalue weighted by Crippen LogP contribution is 2.42. The number of aromatic nitrogens is 2. The summed E-state index contributed by atoms with van der Waals surface area (Å²) in [5, 5.41) is 1.46. The van der Waals surface area contributed by atoms with Gasteiger partial charge in [-0.2, -0.15) is 0 Å². The maximum atomic E-state index is 13.6. The highest BCUT2D eigenvalue weighted by Gasteiger charge is 2.30. The Labute approximate surface area is 607 Å². The Balaban J connectivity index is 0.674. The topological polar surface area (TPSA) is 164 Å². The number of benzene rings is 6. The molecule has 4 aliphatic heterocycles. The van der Waals surface area contributed by atoms with Crippen LogP contribution in [0.2, 0.25) is 0 Å². The SMILES string of the molecule is C#Cc1cc(C#Cc2cc(COCCCCCC)cc(-c3ccc(-c4ccc(-c5cc(C#Cc6cc(C#C)cc(COC(=O)c7cc8cc9c%10c(c8oc7=O)CCCN%10CCC9)c6)cc(COCCCCCC)c5)cn4)nc3)c2)cc(COC(=O)c2cc3cc4c5c(c3oc2=O)CCCN5CCC4)c1. The number of hydrogen-bond donors (Lipinski definition) is 0. The number of nitrogens with zero attached hydrogens (tertiary/aromatic N) is 4. The molecule has 14 heteroatoms. The van der Waals surface area contributed by atoms with Crippen molar-refractivity contribution in [3.8, 4) is 82.0 Å². The van der Waals surface area contributed by atoms with Gasteiger partial charge in [-0.3, -0.25) is 9.97 Å². The number of carbonyl (C=O) groups excluding carboxylic acids is 2. The monoisotopic (exact) mass is 1380 g/mol. The summed E-state index contributed by atoms with van der Waals surface area (Å²) in [7, 11) is 0. The third-order valence-electron chi connectivity index (χ3n) is 19.9. The number of pyridine rings is 2. The van der Waals surface area contributed by atoms with E-state index in [2.05, 4.69) is 83.4 Å². The molecule has 0 fully saturated rings. The number of carbonyl (C=O) groups is 2. The molecule has 0 amide bonds. The van der Waals surface area contributed by atoms with Crippen molar-refractivity contribution in [2.45, 2.75) is 143 Å². The van der Waals surface area contributed by atoms with Crippen LogP contribution in [0.4, 0.5) is 11.4 Å². The zero-order valence-electron chi connectivity index (χ0n) is 59.1. The quantitative estimate of drug-likeness (QED) is 0.0257. The minimum Gasteiger partial charge on any atom is -0.457 e. The van der Waals surface area contributed by atoms with Crippen molar-refractivity contribution in [3.63, 3.8) is 0 Å². The molecule has 4 aromatic heterocycles. The molecule has 14 nitrogen and oxygen atoms in total. The number of anilines is 2. The van der Waals surface area contributed by atoms with Crippen molar-refractivity contribution in [2.24, 2.45) is 0 Å². The minimum atomic E-state index is -0.774. The van der Waals surface area contributed by atoms with E-state index >= 15 is 0 Å². The summed E-state index contributed by atoms with van der Waals surface area (Å²) in [6.45, 7) is 10.2. The van der Waals surface area contributed by atoms with Crippen LogP contribution in [-0.2, 0) is 71.1 Å². The van der Waals surface area contributed by atoms with Crippen molar-refractivity contribution in [1.82, 2.24) is 9.97 Å². The third-order valence-corrected chi connectivity index (χ3v) is 19.9. The summed E-state index contributed by atoms with van der Waals surface area (Å²) in [6, 6.07) is 38.5. The second kappa shape index (κ2) is 32.4. The van der Waals surface area contributed by atoms with Crippen LogP contribution in [0, 0.1) is 48.4 Å². The molecule has 104 heavy (non-hydrogen) atoms. The van der Waals surface area contributed by atoms with E-state index in [9.17, 15) is 19.2 Å². The molecule has 0 aliphatic carbocycles. The van der Waals surface area contributed by atoms with Gasteiger partial charge in [0.25, 0.3) is 0 Å². The van der Waals surface area contributed by atoms with E-state index in [4.69, 9.17) is 50.6 Å². The van der Waals surface area contributed by atoms with Gasteiger partial charge in [-0.15, -0.1) is 12.8 Å². The maximum Gasteiger partial charge on any atom is 0.351 e. The van der Waals surface area contributed by atoms with Gasteiger partial charge in [0.1, 0.15) is 35.5 Å². The second-order valence-corrected chi connectivity index (χ2v) is 27.6. The van der Waals surface area contributed by atoms with E-state index in [-0.39, 0.29) is 24.3 Å². The summed E-state index contributed by atoms with van der Waals surface area (Å²) in [5.41, 5.74) is 18.3. The Morgan fingerprint density at radius 1 is 0.442 bits per heavy atom. The summed E-state index contributed by atoms with van der Waals surface area (Å²) in [6.07, 6.45) is 32.0. The van der Waals surface area contributed by atoms with Gasteiger partial charge in [0.05, 0.1) is 24.6 Å². The summed E-state index contributed by atoms with van der Waals surface area (Å²) < 4.78 is 35.8. The van der Waals surface area contributed by atoms with E-state index in [0.717, 1.165) is 195 Å². The van der Waals surface area contributed by atoms with Gasteiger partial charge in [-0.05, 0) is 218 Å². The zero-order valence-corrected chi connectivity index (χ0v) is 59.1. The number of ether oxygens (including phenoxy) is 4. The summed E-state index contributed by atoms with van der Waals surface area (Å²) >= 11 is 0. The second-order valence-electron chi connectivity index (χ2n) is 27.6. The standard InChI is InChI=1S/C90H82N4O10/c1-5-9-11-13-35-99-55-67-43-63(25-23-61-37-59(7-3)39-65(41-61)57-101-87(95)79-51-75-49-69-19-15-31-93-33-17-21-77(83(69)93)85(75)103-89(79)97)45-73(47-67)71-27-29-81(91-53-71)82-30-28-72(54-92-82)74-46-64(44-68(48-74)56-100-36-14-12-10-6-2)26-24-62-38-60(8-4)40-66(42-62)58-102-88(96)80-52-76-50-70-20-16-32-94-34-18-22-78(84(70)94)86(76)104-90(80)98/h3-4,27-30,37-54H,5-6,9-22,31-36,55-58H2,1-2H3. The Morgan fingerprint density at radius 2 is 0.837 bits per heavy atom. The molecule has 0 bridgehead atoms. The van der Waals surface area contributed by atoms with Gasteiger partial charge in [-0.1, -0.05) is 100 Å². The van der Waals surface area contributed by atoms with Gasteiger partial charge in [0.2, 0.25) is 0 Å². The molecular formula is C90H82N4O10. The average molecular weight is 1380 g/mol. The van der Waals surface area contributed by atoms with Crippen molar-refractivity contribution in [1.29, 1.82) is 0 Å². The van der Waals surface area contributed by atoms with Crippen molar-refractivity contribution in [3.05, 3.63) is 244 Å². The first-order valence-corrected chi connectivity index (χ1v) is 36.7. The number of hydrogen-bond acceptors (Lipinski definition) is 14. The summed E-state index contributed by atoms with van der Waals surface area (Å²) in [5.74, 6) is 17.3. The Hall–Kier alpha value is -11.3. The maximum absolute atomic E-state index is 13.6. The fourth-order valence-corrected chi connectivity index (χ4v) is 14.9. The minimum absolute atomic E-state index is 0.137. The lowest BCUT2D eigenvalue weighted by Crippen LogP contribution is -2.34. The number of fused-ring (bicyclic) bond motifs is 4. The summed E-state index contributed by atoms with van der Waals surface area (Å²) in [4.78, 5) is 68.8. The third kappa shape index (κ3) is 16.1. The van der Waals surface area contributed by atoms with Crippen LogP contribution < -0.4 is 21.1 Å². The zero-order chi connectivity index (χ0) is 71.5. The van der Waals surface area contributed by atoms with Crippen molar-refractivity contribution < 1.29 is 37.4 Å². The highest BCUT2D eigenvalue weighted by molar-refractivity contribution is 5.97. The molecule has 8 heterocycles. The van der Waals surface area contributed by atoms with Gasteiger partial charge in [-0.25, -0.2) is 19.2 Å². The fraction of sp³-hybridized carbons (Fsp3) is 0.311. The van der Waals surface area contributed by atoms with Crippen molar-refractivity contribution >= 4 is 45.3 Å². The number of esters is 2. The molecule has 0 unspecified atom stereocenters. The van der Waals surface area contributed by atoms with Gasteiger partial charge >= 0.3 is 23.2 Å². The highest BCUT2D eigenvalue weighted by atomic mass is 16.5. The van der Waals surface area contributed by atoms with Crippen LogP contribution in [0.25, 0.3) is 55.6 Å². The molecule has 0 saturated carbocycles. The van der Waals surface area contributed by atoms with Gasteiger partial charge in [0, 0.05) is 130 Å². The molecule has 0 N–H and O–H groups in total. The van der Waals surface area contributed by atoms with E-state index in [0.29, 0.717) is 82.4 Å². The average Bonchev–Trinajstić information content (AvgIpc) is 0.751. The van der Waals surface area contributed by atoms with E-state index in [1.165, 1.54) is 22.5 Å². The molecule has 0 saturated heterocycles. The molecule has 0 radical (unpaired) electrons. The fourth-order valence-electron chi connectivity index (χ4n) is 14.9. The molecule has 4 aliphatic rings. The lowest BCUT2D eigenvalue weighted by molar-refractivity contribution is 0.0459. The van der Waals surface area contributed by atoms with Crippen LogP contribution in [0.5, 0.6) is 0 Å². The number of terminal acetylenes is 2. The van der Waals surface area contributed by atoms with E-state index in [1.54, 1.807) is 24.3 Å². The number of aryl methyl sites for hydroxylation is 4. The number of unbranched alkanes of at least 4 members (excludes halogenated alkanes) is 6. The van der Waals surface area contributed by atoms with E-state index in [1.807, 2.05) is 85.2 Å². The first-order chi connectivity index (χ1) is 50.9. The molecule has 522 valence electrons. The molecule has 0 atom stereocenters. The van der Waals surface area contributed by atoms with Crippen molar-refractivity contribution in [2.75, 3.05) is 49.2 Å². The largest absolute Gasteiger partial charge is 0.457 e. The lowest BCUT2D eigenvalue weighted by atomic mass is 9.90. The first kappa shape index (κ1) is 69.8. The molecule has 0 spiro atoms. The predicted octanol–water partition coefficient (Wildman–Crippen LogP) is 16.8. The molecule has 6 aromatic carbocycles. The molecular weight excluding hydrogens is 1300 g/mol. The normalized spacial score (nSPS) is 13.4. The Kier molecular flexibility index (Phi) is 21.7. The van der Waals surface area contributed by atoms with Crippen LogP contribution in [-0.4, -0.2) is 61.3 Å². The van der Waals surface area contributed by atoms with Crippen LogP contribution in [0.1, 0.15) is 190 Å². The lowest BCUT2D eigenvalue weighted by Gasteiger charge is -2.37. The Bertz CT molecular complexity index is 4970. The molecule has 14 rings (SSSR count). The predicted molar refractivity (Wildman–Crippen MR) is 408 cm³/mol.